The molecule has 2 amide bonds. The smallest absolute Gasteiger partial charge is 0.303 e. The first kappa shape index (κ1) is 54.1. The van der Waals surface area contributed by atoms with E-state index < -0.39 is 93.7 Å². The molecule has 0 bridgehead atoms. The van der Waals surface area contributed by atoms with Crippen LogP contribution < -0.4 is 26.9 Å². The number of hydrogen-bond acceptors (Lipinski definition) is 16. The number of carboxylic acid groups (broad SMARTS) is 2. The zero-order valence-corrected chi connectivity index (χ0v) is 41.0. The third-order valence-corrected chi connectivity index (χ3v) is 13.3. The third-order valence-electron chi connectivity index (χ3n) is 11.6. The van der Waals surface area contributed by atoms with E-state index >= 15 is 0 Å². The highest BCUT2D eigenvalue weighted by Crippen LogP contribution is 2.31. The van der Waals surface area contributed by atoms with Crippen LogP contribution in [0.3, 0.4) is 0 Å². The zero-order valence-electron chi connectivity index (χ0n) is 39.4. The number of fused-ring (bicyclic) bond motifs is 2. The number of aryl methyl sites for hydroxylation is 2. The molecule has 0 atom stereocenters. The van der Waals surface area contributed by atoms with Gasteiger partial charge in [0.1, 0.15) is 9.81 Å². The van der Waals surface area contributed by atoms with Gasteiger partial charge in [-0.1, -0.05) is 37.1 Å². The Labute approximate surface area is 427 Å². The zero-order chi connectivity index (χ0) is 54.0. The quantitative estimate of drug-likeness (QED) is 0.0191. The number of carbonyl (C=O) groups is 6. The maximum atomic E-state index is 13.6. The number of carbonyl (C=O) groups excluding carboxylic acids is 4. The van der Waals surface area contributed by atoms with Crippen LogP contribution in [0.15, 0.2) is 126 Å². The van der Waals surface area contributed by atoms with Gasteiger partial charge < -0.3 is 25.3 Å². The second kappa shape index (κ2) is 23.4. The van der Waals surface area contributed by atoms with Gasteiger partial charge in [-0.25, -0.2) is 0 Å². The van der Waals surface area contributed by atoms with Crippen LogP contribution in [-0.2, 0) is 42.7 Å². The average molecular weight is 1060 g/mol. The van der Waals surface area contributed by atoms with Crippen LogP contribution in [0.1, 0.15) is 115 Å². The molecule has 0 aliphatic heterocycles. The van der Waals surface area contributed by atoms with E-state index in [0.717, 1.165) is 61.1 Å². The number of nitrogens with zero attached hydrogens (tertiary/aromatic N) is 2. The van der Waals surface area contributed by atoms with Crippen LogP contribution in [0, 0.1) is 0 Å². The molecule has 75 heavy (non-hydrogen) atoms. The first-order chi connectivity index (χ1) is 35.6. The largest absolute Gasteiger partial charge is 0.481 e. The van der Waals surface area contributed by atoms with Gasteiger partial charge in [-0.3, -0.25) is 53.5 Å². The van der Waals surface area contributed by atoms with E-state index in [1.54, 1.807) is 48.5 Å². The van der Waals surface area contributed by atoms with E-state index in [1.807, 2.05) is 0 Å². The summed E-state index contributed by atoms with van der Waals surface area (Å²) in [5.74, 6) is -6.91. The number of nitrogens with one attached hydrogen (secondary N) is 4. The molecule has 1 aromatic heterocycles. The van der Waals surface area contributed by atoms with Crippen LogP contribution in [0.2, 0.25) is 0 Å². The van der Waals surface area contributed by atoms with Crippen molar-refractivity contribution in [2.45, 2.75) is 64.2 Å². The lowest BCUT2D eigenvalue weighted by Gasteiger charge is -2.17. The number of allylic oxidation sites excluding steroid dienone is 2. The normalized spacial score (nSPS) is 14.3. The molecule has 24 heteroatoms. The monoisotopic (exact) mass is 1060 g/mol. The molecule has 2 aliphatic carbocycles. The van der Waals surface area contributed by atoms with Gasteiger partial charge in [-0.2, -0.15) is 27.0 Å². The second-order valence-electron chi connectivity index (χ2n) is 17.1. The summed E-state index contributed by atoms with van der Waals surface area (Å²) < 4.78 is 75.7. The molecule has 0 unspecified atom stereocenters. The maximum absolute atomic E-state index is 13.6. The lowest BCUT2D eigenvalue weighted by atomic mass is 9.94. The average Bonchev–Trinajstić information content (AvgIpc) is 3.35. The minimum absolute atomic E-state index is 0.0336. The summed E-state index contributed by atoms with van der Waals surface area (Å²) in [6.07, 6.45) is 7.62. The van der Waals surface area contributed by atoms with Gasteiger partial charge in [0.2, 0.25) is 11.6 Å². The Bertz CT molecular complexity index is 3320. The third kappa shape index (κ3) is 14.3. The number of rotatable bonds is 22. The number of ketones is 2. The van der Waals surface area contributed by atoms with Crippen molar-refractivity contribution in [1.82, 2.24) is 0 Å². The van der Waals surface area contributed by atoms with Crippen molar-refractivity contribution in [3.05, 3.63) is 162 Å². The van der Waals surface area contributed by atoms with E-state index in [1.165, 1.54) is 36.4 Å². The summed E-state index contributed by atoms with van der Waals surface area (Å²) in [6, 6.07) is 22.8. The molecule has 0 radical (unpaired) electrons. The summed E-state index contributed by atoms with van der Waals surface area (Å²) in [4.78, 5) is 86.5. The van der Waals surface area contributed by atoms with Crippen molar-refractivity contribution in [1.29, 1.82) is 0 Å². The Hall–Kier alpha value is -8.71. The van der Waals surface area contributed by atoms with Crippen LogP contribution >= 0.6 is 0 Å². The van der Waals surface area contributed by atoms with Crippen molar-refractivity contribution >= 4 is 102 Å². The second-order valence-corrected chi connectivity index (χ2v) is 19.9. The fourth-order valence-corrected chi connectivity index (χ4v) is 9.14. The van der Waals surface area contributed by atoms with Gasteiger partial charge in [-0.15, -0.1) is 0 Å². The Morgan fingerprint density at radius 1 is 0.493 bits per heavy atom. The summed E-state index contributed by atoms with van der Waals surface area (Å²) >= 11 is 0. The summed E-state index contributed by atoms with van der Waals surface area (Å²) in [5, 5.41) is 30.5. The molecule has 7 rings (SSSR count). The van der Waals surface area contributed by atoms with Crippen molar-refractivity contribution in [2.75, 3.05) is 21.5 Å². The maximum Gasteiger partial charge on any atom is 0.303 e. The van der Waals surface area contributed by atoms with Crippen molar-refractivity contribution in [3.8, 4) is 0 Å². The van der Waals surface area contributed by atoms with Crippen molar-refractivity contribution in [3.63, 3.8) is 0 Å². The number of unbranched alkanes of at least 4 members (excludes halogenated alkanes) is 4. The number of benzene rings is 4. The minimum atomic E-state index is -5.05. The molecular weight excluding hydrogens is 1020 g/mol. The Morgan fingerprint density at radius 2 is 0.867 bits per heavy atom. The number of aliphatic carboxylic acids is 2. The summed E-state index contributed by atoms with van der Waals surface area (Å²) in [7, 11) is -10.1. The number of amides is 2. The lowest BCUT2D eigenvalue weighted by Crippen LogP contribution is -2.27. The molecule has 0 saturated carbocycles. The Balaban J connectivity index is 1.01. The van der Waals surface area contributed by atoms with E-state index in [4.69, 9.17) is 14.6 Å². The first-order valence-corrected chi connectivity index (χ1v) is 25.8. The number of carboxylic acids is 2. The van der Waals surface area contributed by atoms with E-state index in [9.17, 15) is 59.5 Å². The van der Waals surface area contributed by atoms with E-state index in [0.29, 0.717) is 37.1 Å². The van der Waals surface area contributed by atoms with Gasteiger partial charge in [0.05, 0.1) is 11.4 Å². The lowest BCUT2D eigenvalue weighted by molar-refractivity contribution is -0.138. The number of Topliss-reactive ketones (excluding diaryl/α,β-unsaturated/α-hetero) is 2. The Kier molecular flexibility index (Phi) is 16.9. The van der Waals surface area contributed by atoms with Gasteiger partial charge in [0.25, 0.3) is 32.1 Å². The van der Waals surface area contributed by atoms with E-state index in [-0.39, 0.29) is 46.5 Å². The molecular formula is C51H46N6O16S2. The van der Waals surface area contributed by atoms with Crippen LogP contribution in [0.25, 0.3) is 12.2 Å². The van der Waals surface area contributed by atoms with Gasteiger partial charge in [0.15, 0.2) is 28.4 Å². The van der Waals surface area contributed by atoms with Gasteiger partial charge in [-0.05, 0) is 134 Å². The molecule has 2 aliphatic rings. The predicted molar refractivity (Wildman–Crippen MR) is 276 cm³/mol. The highest BCUT2D eigenvalue weighted by atomic mass is 32.2. The molecule has 22 nitrogen and oxygen atoms in total. The molecule has 388 valence electrons. The molecule has 0 fully saturated rings. The number of anilines is 4. The standard InChI is InChI=1S/C51H46N6O16S2/c58-37-27-40(50(65)52-35-19-21-38-31(23-35)25-42(74(67,68)69)46(48(38)63)56-54-33-15-11-29(12-16-33)7-3-1-5-9-44(59)60)73-41(28-37)51(66)53-36-20-22-39-32(24-36)26-43(75(70,71)72)47(49(39)64)57-55-34-17-13-30(14-18-34)8-4-2-6-10-45(61)62/h11-28,54-55H,1-10H2,(H,52,65)(H,53,66)(H,59,60)(H,61,62)(H,67,68,69)(H,70,71,72)/b56-46-,57-47-. The molecule has 8 N–H and O–H groups in total. The predicted octanol–water partition coefficient (Wildman–Crippen LogP) is 7.31. The van der Waals surface area contributed by atoms with Crippen LogP contribution in [0.5, 0.6) is 0 Å². The summed E-state index contributed by atoms with van der Waals surface area (Å²) in [5.41, 5.74) is 5.58. The molecule has 1 heterocycles. The van der Waals surface area contributed by atoms with Crippen LogP contribution in [0.4, 0.5) is 22.7 Å². The topological polar surface area (TPSA) is 355 Å². The fraction of sp³-hybridized carbons (Fsp3) is 0.196. The molecule has 0 spiro atoms. The summed E-state index contributed by atoms with van der Waals surface area (Å²) in [6.45, 7) is 0. The van der Waals surface area contributed by atoms with Crippen molar-refractivity contribution < 1.29 is 69.3 Å². The molecule has 5 aromatic rings. The fourth-order valence-electron chi connectivity index (χ4n) is 7.82. The highest BCUT2D eigenvalue weighted by molar-refractivity contribution is 7.91. The molecule has 4 aromatic carbocycles. The van der Waals surface area contributed by atoms with Gasteiger partial charge in [0, 0.05) is 47.5 Å². The first-order valence-electron chi connectivity index (χ1n) is 23.0. The number of hydrazone groups is 2. The van der Waals surface area contributed by atoms with Crippen LogP contribution in [-0.4, -0.2) is 82.9 Å². The minimum Gasteiger partial charge on any atom is -0.481 e. The van der Waals surface area contributed by atoms with E-state index in [2.05, 4.69) is 31.7 Å². The van der Waals surface area contributed by atoms with Gasteiger partial charge >= 0.3 is 11.9 Å². The Morgan fingerprint density at radius 3 is 1.23 bits per heavy atom. The SMILES string of the molecule is O=C(O)CCCCCc1ccc(N/N=C2\C(=O)c3ccc(NC(=O)c4cc(=O)cc(C(=O)Nc5ccc6c(c5)C=C(S(=O)(=O)O)/C(=N/Nc5ccc(CCCCCC(=O)O)cc5)C6=O)o4)cc3C=C2S(=O)(=O)O)cc1. The van der Waals surface area contributed by atoms with Crippen molar-refractivity contribution in [2.24, 2.45) is 10.2 Å². The molecule has 0 saturated heterocycles. The highest BCUT2D eigenvalue weighted by Gasteiger charge is 2.35. The number of hydrogen-bond donors (Lipinski definition) is 8.